The summed E-state index contributed by atoms with van der Waals surface area (Å²) in [5.41, 5.74) is -0.262. The number of rotatable bonds is 4. The van der Waals surface area contributed by atoms with E-state index in [2.05, 4.69) is 0 Å². The Bertz CT molecular complexity index is 1040. The molecule has 0 saturated heterocycles. The Morgan fingerprint density at radius 2 is 1.77 bits per heavy atom. The predicted molar refractivity (Wildman–Crippen MR) is 105 cm³/mol. The first-order valence-corrected chi connectivity index (χ1v) is 10.2. The molecule has 5 rings (SSSR count). The normalized spacial score (nSPS) is 22.1. The highest BCUT2D eigenvalue weighted by Crippen LogP contribution is 2.51. The monoisotopic (exact) mass is 427 g/mol. The molecule has 1 unspecified atom stereocenters. The molecule has 9 heteroatoms. The summed E-state index contributed by atoms with van der Waals surface area (Å²) in [6, 6.07) is 3.58. The van der Waals surface area contributed by atoms with Crippen molar-refractivity contribution >= 4 is 23.8 Å². The van der Waals surface area contributed by atoms with Crippen LogP contribution in [0, 0.1) is 0 Å². The summed E-state index contributed by atoms with van der Waals surface area (Å²) in [4.78, 5) is 41.0. The second-order valence-electron chi connectivity index (χ2n) is 7.39. The molecule has 0 N–H and O–H groups in total. The van der Waals surface area contributed by atoms with E-state index in [9.17, 15) is 14.4 Å². The van der Waals surface area contributed by atoms with E-state index in [4.69, 9.17) is 23.7 Å². The number of fused-ring (bicyclic) bond motifs is 5. The summed E-state index contributed by atoms with van der Waals surface area (Å²) in [6.07, 6.45) is 3.33. The molecule has 3 aliphatic heterocycles. The molecular weight excluding hydrogens is 406 g/mol. The number of ether oxygens (including phenoxy) is 5. The molecule has 4 aliphatic rings. The maximum atomic E-state index is 13.2. The average Bonchev–Trinajstić information content (AvgIpc) is 3.38. The summed E-state index contributed by atoms with van der Waals surface area (Å²) >= 11 is 0. The molecule has 162 valence electrons. The third-order valence-electron chi connectivity index (χ3n) is 5.75. The van der Waals surface area contributed by atoms with Gasteiger partial charge < -0.3 is 28.6 Å². The van der Waals surface area contributed by atoms with Gasteiger partial charge in [0, 0.05) is 23.9 Å². The summed E-state index contributed by atoms with van der Waals surface area (Å²) in [5, 5.41) is 0. The predicted octanol–water partition coefficient (Wildman–Crippen LogP) is 2.21. The molecule has 0 radical (unpaired) electrons. The molecule has 31 heavy (non-hydrogen) atoms. The highest BCUT2D eigenvalue weighted by molar-refractivity contribution is 6.18. The van der Waals surface area contributed by atoms with Crippen LogP contribution < -0.4 is 9.47 Å². The summed E-state index contributed by atoms with van der Waals surface area (Å²) in [5.74, 6) is -1.09. The highest BCUT2D eigenvalue weighted by atomic mass is 16.7. The van der Waals surface area contributed by atoms with Crippen molar-refractivity contribution < 1.29 is 38.1 Å². The van der Waals surface area contributed by atoms with Crippen LogP contribution in [-0.4, -0.2) is 48.2 Å². The average molecular weight is 427 g/mol. The lowest BCUT2D eigenvalue weighted by Gasteiger charge is -2.45. The molecule has 3 heterocycles. The van der Waals surface area contributed by atoms with Crippen molar-refractivity contribution in [3.05, 3.63) is 40.7 Å². The third-order valence-corrected chi connectivity index (χ3v) is 5.75. The van der Waals surface area contributed by atoms with Crippen molar-refractivity contribution in [1.82, 2.24) is 4.90 Å². The molecule has 0 saturated carbocycles. The van der Waals surface area contributed by atoms with E-state index in [1.807, 2.05) is 12.1 Å². The van der Waals surface area contributed by atoms with Crippen LogP contribution in [0.2, 0.25) is 0 Å². The number of ketones is 1. The lowest BCUT2D eigenvalue weighted by molar-refractivity contribution is -0.205. The van der Waals surface area contributed by atoms with Crippen molar-refractivity contribution in [2.24, 2.45) is 0 Å². The van der Waals surface area contributed by atoms with Crippen molar-refractivity contribution in [1.29, 1.82) is 0 Å². The first-order chi connectivity index (χ1) is 15.0. The van der Waals surface area contributed by atoms with E-state index in [0.29, 0.717) is 29.2 Å². The van der Waals surface area contributed by atoms with Gasteiger partial charge in [-0.25, -0.2) is 9.59 Å². The second kappa shape index (κ2) is 7.12. The molecule has 0 amide bonds. The van der Waals surface area contributed by atoms with Gasteiger partial charge in [-0.05, 0) is 44.0 Å². The zero-order valence-electron chi connectivity index (χ0n) is 17.1. The number of carbonyl (C=O) groups is 3. The van der Waals surface area contributed by atoms with Gasteiger partial charge in [0.05, 0.1) is 18.8 Å². The molecule has 0 bridgehead atoms. The van der Waals surface area contributed by atoms with E-state index >= 15 is 0 Å². The van der Waals surface area contributed by atoms with Gasteiger partial charge in [0.2, 0.25) is 6.79 Å². The van der Waals surface area contributed by atoms with Crippen LogP contribution in [0.5, 0.6) is 11.5 Å². The third kappa shape index (κ3) is 2.69. The van der Waals surface area contributed by atoms with E-state index < -0.39 is 23.8 Å². The number of allylic oxidation sites excluding steroid dienone is 1. The number of esters is 2. The first kappa shape index (κ1) is 19.6. The molecule has 9 nitrogen and oxygen atoms in total. The topological polar surface area (TPSA) is 101 Å². The van der Waals surface area contributed by atoms with E-state index in [0.717, 1.165) is 5.56 Å². The summed E-state index contributed by atoms with van der Waals surface area (Å²) in [6.45, 7) is 3.39. The van der Waals surface area contributed by atoms with Gasteiger partial charge in [-0.1, -0.05) is 0 Å². The Hall–Kier alpha value is -3.33. The van der Waals surface area contributed by atoms with Gasteiger partial charge in [-0.15, -0.1) is 0 Å². The standard InChI is InChI=1S/C22H21NO8/c1-3-27-20(25)22(21(26)28-4-2)18-14(5-6-15(18)24)23-8-7-12-9-16-17(30-11-29-16)10-13(12)19(23)31-22/h7-10,19H,3-6,11H2,1-2H3. The lowest BCUT2D eigenvalue weighted by atomic mass is 9.87. The van der Waals surface area contributed by atoms with Crippen molar-refractivity contribution in [2.45, 2.75) is 38.5 Å². The number of nitrogens with zero attached hydrogens (tertiary/aromatic N) is 1. The zero-order chi connectivity index (χ0) is 21.8. The Labute approximate surface area is 178 Å². The van der Waals surface area contributed by atoms with Gasteiger partial charge in [0.15, 0.2) is 23.5 Å². The fraction of sp³-hybridized carbons (Fsp3) is 0.409. The van der Waals surface area contributed by atoms with Crippen molar-refractivity contribution in [3.63, 3.8) is 0 Å². The van der Waals surface area contributed by atoms with E-state index in [-0.39, 0.29) is 37.8 Å². The van der Waals surface area contributed by atoms with Gasteiger partial charge in [-0.2, -0.15) is 0 Å². The number of benzene rings is 1. The Morgan fingerprint density at radius 3 is 2.45 bits per heavy atom. The van der Waals surface area contributed by atoms with E-state index in [1.165, 1.54) is 0 Å². The molecule has 0 aromatic heterocycles. The smallest absolute Gasteiger partial charge is 0.355 e. The molecule has 1 aliphatic carbocycles. The van der Waals surface area contributed by atoms with Crippen LogP contribution in [0.4, 0.5) is 0 Å². The summed E-state index contributed by atoms with van der Waals surface area (Å²) < 4.78 is 27.6. The van der Waals surface area contributed by atoms with Crippen LogP contribution >= 0.6 is 0 Å². The minimum absolute atomic E-state index is 0.00510. The SMILES string of the molecule is CCOC(=O)C1(C(=O)OCC)OC2c3cc4c(cc3C=CN2C2=C1C(=O)CC2)OCO4. The number of hydrogen-bond acceptors (Lipinski definition) is 9. The van der Waals surface area contributed by atoms with Crippen LogP contribution in [0.1, 0.15) is 44.0 Å². The largest absolute Gasteiger partial charge is 0.463 e. The van der Waals surface area contributed by atoms with Crippen LogP contribution in [0.25, 0.3) is 6.08 Å². The fourth-order valence-electron chi connectivity index (χ4n) is 4.45. The van der Waals surface area contributed by atoms with Crippen LogP contribution in [0.15, 0.2) is 29.6 Å². The van der Waals surface area contributed by atoms with Gasteiger partial charge in [0.1, 0.15) is 0 Å². The van der Waals surface area contributed by atoms with Gasteiger partial charge >= 0.3 is 11.9 Å². The van der Waals surface area contributed by atoms with Crippen LogP contribution in [0.3, 0.4) is 0 Å². The second-order valence-corrected chi connectivity index (χ2v) is 7.39. The Kier molecular flexibility index (Phi) is 4.51. The highest BCUT2D eigenvalue weighted by Gasteiger charge is 2.63. The molecule has 0 spiro atoms. The minimum atomic E-state index is -2.28. The fourth-order valence-corrected chi connectivity index (χ4v) is 4.45. The first-order valence-electron chi connectivity index (χ1n) is 10.2. The minimum Gasteiger partial charge on any atom is -0.463 e. The van der Waals surface area contributed by atoms with Crippen molar-refractivity contribution in [3.8, 4) is 11.5 Å². The number of Topliss-reactive ketones (excluding diaryl/α,β-unsaturated/α-hetero) is 1. The van der Waals surface area contributed by atoms with Gasteiger partial charge in [-0.3, -0.25) is 4.79 Å². The van der Waals surface area contributed by atoms with Crippen molar-refractivity contribution in [2.75, 3.05) is 20.0 Å². The number of carbonyl (C=O) groups excluding carboxylic acids is 3. The maximum Gasteiger partial charge on any atom is 0.355 e. The lowest BCUT2D eigenvalue weighted by Crippen LogP contribution is -2.58. The Morgan fingerprint density at radius 1 is 1.10 bits per heavy atom. The van der Waals surface area contributed by atoms with E-state index in [1.54, 1.807) is 31.0 Å². The molecular formula is C22H21NO8. The van der Waals surface area contributed by atoms with Gasteiger partial charge in [0.25, 0.3) is 5.60 Å². The molecule has 1 aromatic rings. The quantitative estimate of drug-likeness (QED) is 0.529. The Balaban J connectivity index is 1.71. The summed E-state index contributed by atoms with van der Waals surface area (Å²) in [7, 11) is 0. The molecule has 1 atom stereocenters. The molecule has 0 fully saturated rings. The van der Waals surface area contributed by atoms with Crippen LogP contribution in [-0.2, 0) is 28.6 Å². The zero-order valence-corrected chi connectivity index (χ0v) is 17.1. The molecule has 1 aromatic carbocycles. The number of hydrogen-bond donors (Lipinski definition) is 0. The maximum absolute atomic E-state index is 13.2.